The third kappa shape index (κ3) is 3.04. The summed E-state index contributed by atoms with van der Waals surface area (Å²) in [5.74, 6) is 0.0660. The summed E-state index contributed by atoms with van der Waals surface area (Å²) in [5.41, 5.74) is -0.586. The number of ketones is 1. The minimum Gasteiger partial charge on any atom is -0.293 e. The van der Waals surface area contributed by atoms with E-state index >= 15 is 0 Å². The molecule has 0 aromatic carbocycles. The standard InChI is InChI=1S/C12H12N2O3S/c15-9(10-4-2-8-18-10)3-1-7-14-12(17)6-5-11(16)13-14/h2,4-6,8H,1,3,7H2,(H,13,16). The van der Waals surface area contributed by atoms with Crippen LogP contribution in [0.1, 0.15) is 22.5 Å². The average molecular weight is 264 g/mol. The van der Waals surface area contributed by atoms with Gasteiger partial charge in [-0.3, -0.25) is 24.2 Å². The Morgan fingerprint density at radius 2 is 2.11 bits per heavy atom. The van der Waals surface area contributed by atoms with Crippen LogP contribution in [0.4, 0.5) is 0 Å². The Labute approximate surface area is 107 Å². The maximum absolute atomic E-state index is 11.7. The van der Waals surface area contributed by atoms with Crippen molar-refractivity contribution in [2.75, 3.05) is 0 Å². The molecule has 0 fully saturated rings. The van der Waals surface area contributed by atoms with Gasteiger partial charge in [0.15, 0.2) is 5.78 Å². The maximum atomic E-state index is 11.7. The van der Waals surface area contributed by atoms with Gasteiger partial charge in [0.25, 0.3) is 11.1 Å². The molecule has 0 bridgehead atoms. The average Bonchev–Trinajstić information content (AvgIpc) is 2.87. The molecule has 0 amide bonds. The molecule has 2 aromatic heterocycles. The lowest BCUT2D eigenvalue weighted by Gasteiger charge is -2.03. The first-order chi connectivity index (χ1) is 8.66. The topological polar surface area (TPSA) is 71.9 Å². The summed E-state index contributed by atoms with van der Waals surface area (Å²) in [6.45, 7) is 0.339. The molecule has 0 radical (unpaired) electrons. The van der Waals surface area contributed by atoms with Gasteiger partial charge in [0.2, 0.25) is 0 Å². The summed E-state index contributed by atoms with van der Waals surface area (Å²) in [6, 6.07) is 6.02. The minimum absolute atomic E-state index is 0.0660. The molecule has 1 N–H and O–H groups in total. The van der Waals surface area contributed by atoms with Crippen molar-refractivity contribution in [3.05, 3.63) is 55.2 Å². The van der Waals surface area contributed by atoms with Crippen LogP contribution in [-0.4, -0.2) is 15.6 Å². The molecule has 2 aromatic rings. The minimum atomic E-state index is -0.320. The molecular formula is C12H12N2O3S. The molecule has 0 saturated heterocycles. The molecule has 0 aliphatic carbocycles. The van der Waals surface area contributed by atoms with E-state index in [1.165, 1.54) is 28.2 Å². The third-order valence-corrected chi connectivity index (χ3v) is 3.38. The van der Waals surface area contributed by atoms with Crippen LogP contribution in [0.15, 0.2) is 39.2 Å². The van der Waals surface area contributed by atoms with E-state index < -0.39 is 0 Å². The second-order valence-electron chi connectivity index (χ2n) is 3.80. The summed E-state index contributed by atoms with van der Waals surface area (Å²) in [4.78, 5) is 34.9. The molecule has 0 aliphatic heterocycles. The van der Waals surface area contributed by atoms with Gasteiger partial charge in [-0.25, -0.2) is 0 Å². The third-order valence-electron chi connectivity index (χ3n) is 2.47. The van der Waals surface area contributed by atoms with Crippen molar-refractivity contribution in [1.29, 1.82) is 0 Å². The highest BCUT2D eigenvalue weighted by Crippen LogP contribution is 2.12. The Kier molecular flexibility index (Phi) is 3.88. The van der Waals surface area contributed by atoms with Crippen LogP contribution in [0.25, 0.3) is 0 Å². The Morgan fingerprint density at radius 1 is 1.28 bits per heavy atom. The molecule has 2 heterocycles. The highest BCUT2D eigenvalue weighted by Gasteiger charge is 2.06. The number of aromatic amines is 1. The number of H-pyrrole nitrogens is 1. The molecule has 94 valence electrons. The Balaban J connectivity index is 1.93. The lowest BCUT2D eigenvalue weighted by molar-refractivity contribution is 0.0982. The number of hydrogen-bond acceptors (Lipinski definition) is 4. The van der Waals surface area contributed by atoms with Crippen molar-refractivity contribution in [2.24, 2.45) is 0 Å². The van der Waals surface area contributed by atoms with Gasteiger partial charge >= 0.3 is 0 Å². The van der Waals surface area contributed by atoms with Crippen molar-refractivity contribution in [3.63, 3.8) is 0 Å². The molecule has 5 nitrogen and oxygen atoms in total. The van der Waals surface area contributed by atoms with E-state index in [0.717, 1.165) is 4.88 Å². The zero-order valence-electron chi connectivity index (χ0n) is 9.59. The Hall–Kier alpha value is -1.95. The quantitative estimate of drug-likeness (QED) is 0.826. The number of rotatable bonds is 5. The van der Waals surface area contributed by atoms with Crippen molar-refractivity contribution < 1.29 is 4.79 Å². The first kappa shape index (κ1) is 12.5. The zero-order chi connectivity index (χ0) is 13.0. The summed E-state index contributed by atoms with van der Waals surface area (Å²) in [6.07, 6.45) is 0.889. The van der Waals surface area contributed by atoms with Gasteiger partial charge in [-0.05, 0) is 17.9 Å². The molecule has 0 unspecified atom stereocenters. The van der Waals surface area contributed by atoms with Gasteiger partial charge in [0, 0.05) is 25.1 Å². The number of carbonyl (C=O) groups is 1. The van der Waals surface area contributed by atoms with Gasteiger partial charge in [0.1, 0.15) is 0 Å². The normalized spacial score (nSPS) is 10.4. The van der Waals surface area contributed by atoms with Crippen LogP contribution in [0.5, 0.6) is 0 Å². The summed E-state index contributed by atoms with van der Waals surface area (Å²) < 4.78 is 1.23. The van der Waals surface area contributed by atoms with Crippen molar-refractivity contribution >= 4 is 17.1 Å². The van der Waals surface area contributed by atoms with E-state index in [-0.39, 0.29) is 16.9 Å². The van der Waals surface area contributed by atoms with Crippen LogP contribution < -0.4 is 11.1 Å². The fourth-order valence-corrected chi connectivity index (χ4v) is 2.28. The van der Waals surface area contributed by atoms with Crippen molar-refractivity contribution in [1.82, 2.24) is 9.78 Å². The molecule has 0 atom stereocenters. The number of nitrogens with one attached hydrogen (secondary N) is 1. The predicted molar refractivity (Wildman–Crippen MR) is 69.2 cm³/mol. The fourth-order valence-electron chi connectivity index (χ4n) is 1.59. The lowest BCUT2D eigenvalue weighted by atomic mass is 10.2. The molecule has 6 heteroatoms. The first-order valence-corrected chi connectivity index (χ1v) is 6.41. The molecule has 2 rings (SSSR count). The summed E-state index contributed by atoms with van der Waals surface area (Å²) in [5, 5.41) is 4.28. The summed E-state index contributed by atoms with van der Waals surface area (Å²) >= 11 is 1.41. The highest BCUT2D eigenvalue weighted by atomic mass is 32.1. The van der Waals surface area contributed by atoms with Crippen molar-refractivity contribution in [3.8, 4) is 0 Å². The molecule has 18 heavy (non-hydrogen) atoms. The van der Waals surface area contributed by atoms with Gasteiger partial charge < -0.3 is 0 Å². The fraction of sp³-hybridized carbons (Fsp3) is 0.250. The largest absolute Gasteiger partial charge is 0.293 e. The predicted octanol–water partition coefficient (Wildman–Crippen LogP) is 1.26. The zero-order valence-corrected chi connectivity index (χ0v) is 10.4. The van der Waals surface area contributed by atoms with Crippen LogP contribution in [-0.2, 0) is 6.54 Å². The van der Waals surface area contributed by atoms with E-state index in [1.807, 2.05) is 11.4 Å². The number of aromatic nitrogens is 2. The second-order valence-corrected chi connectivity index (χ2v) is 4.75. The van der Waals surface area contributed by atoms with E-state index in [1.54, 1.807) is 6.07 Å². The number of carbonyl (C=O) groups excluding carboxylic acids is 1. The number of hydrogen-bond donors (Lipinski definition) is 1. The monoisotopic (exact) mass is 264 g/mol. The number of Topliss-reactive ketones (excluding diaryl/α,β-unsaturated/α-hetero) is 1. The second kappa shape index (κ2) is 5.59. The highest BCUT2D eigenvalue weighted by molar-refractivity contribution is 7.12. The number of nitrogens with zero attached hydrogens (tertiary/aromatic N) is 1. The molecule has 0 saturated carbocycles. The van der Waals surface area contributed by atoms with Crippen LogP contribution >= 0.6 is 11.3 Å². The van der Waals surface area contributed by atoms with Crippen LogP contribution in [0, 0.1) is 0 Å². The van der Waals surface area contributed by atoms with Crippen molar-refractivity contribution in [2.45, 2.75) is 19.4 Å². The molecular weight excluding hydrogens is 252 g/mol. The summed E-state index contributed by atoms with van der Waals surface area (Å²) in [7, 11) is 0. The van der Waals surface area contributed by atoms with Crippen LogP contribution in [0.3, 0.4) is 0 Å². The van der Waals surface area contributed by atoms with E-state index in [0.29, 0.717) is 19.4 Å². The van der Waals surface area contributed by atoms with E-state index in [9.17, 15) is 14.4 Å². The lowest BCUT2D eigenvalue weighted by Crippen LogP contribution is -2.28. The van der Waals surface area contributed by atoms with E-state index in [4.69, 9.17) is 0 Å². The van der Waals surface area contributed by atoms with E-state index in [2.05, 4.69) is 5.10 Å². The molecule has 0 aliphatic rings. The Morgan fingerprint density at radius 3 is 2.83 bits per heavy atom. The maximum Gasteiger partial charge on any atom is 0.265 e. The first-order valence-electron chi connectivity index (χ1n) is 5.54. The van der Waals surface area contributed by atoms with Gasteiger partial charge in [-0.15, -0.1) is 11.3 Å². The smallest absolute Gasteiger partial charge is 0.265 e. The van der Waals surface area contributed by atoms with Gasteiger partial charge in [-0.1, -0.05) is 6.07 Å². The van der Waals surface area contributed by atoms with Crippen LogP contribution in [0.2, 0.25) is 0 Å². The number of aryl methyl sites for hydroxylation is 1. The van der Waals surface area contributed by atoms with Gasteiger partial charge in [-0.2, -0.15) is 0 Å². The van der Waals surface area contributed by atoms with Gasteiger partial charge in [0.05, 0.1) is 4.88 Å². The Bertz CT molecular complexity index is 640. The molecule has 0 spiro atoms. The number of thiophene rings is 1. The SMILES string of the molecule is O=C(CCCn1[nH]c(=O)ccc1=O)c1cccs1.